The predicted octanol–water partition coefficient (Wildman–Crippen LogP) is 0.161. The number of pyridine rings is 1. The highest BCUT2D eigenvalue weighted by Gasteiger charge is 2.21. The number of rotatable bonds is 2. The minimum absolute atomic E-state index is 0.305. The summed E-state index contributed by atoms with van der Waals surface area (Å²) < 4.78 is 0. The molecule has 1 radical (unpaired) electrons. The summed E-state index contributed by atoms with van der Waals surface area (Å²) in [5, 5.41) is 10.5. The first-order valence-electron chi connectivity index (χ1n) is 5.33. The van der Waals surface area contributed by atoms with Gasteiger partial charge in [0.05, 0.1) is 0 Å². The fourth-order valence-electron chi connectivity index (χ4n) is 1.82. The van der Waals surface area contributed by atoms with Crippen LogP contribution in [0.3, 0.4) is 0 Å². The second-order valence-corrected chi connectivity index (χ2v) is 3.70. The summed E-state index contributed by atoms with van der Waals surface area (Å²) in [4.78, 5) is 19.2. The van der Waals surface area contributed by atoms with Gasteiger partial charge < -0.3 is 9.80 Å². The summed E-state index contributed by atoms with van der Waals surface area (Å²) in [6.07, 6.45) is 1.75. The third-order valence-electron chi connectivity index (χ3n) is 2.73. The summed E-state index contributed by atoms with van der Waals surface area (Å²) >= 11 is 0. The maximum atomic E-state index is 11.2. The van der Waals surface area contributed by atoms with E-state index >= 15 is 0 Å². The molecule has 0 saturated carbocycles. The Balaban J connectivity index is 1.93. The molecule has 16 heavy (non-hydrogen) atoms. The Morgan fingerprint density at radius 1 is 1.25 bits per heavy atom. The van der Waals surface area contributed by atoms with Gasteiger partial charge in [-0.1, -0.05) is 6.07 Å². The van der Waals surface area contributed by atoms with Crippen molar-refractivity contribution < 1.29 is 9.90 Å². The van der Waals surface area contributed by atoms with Crippen molar-refractivity contribution in [1.82, 2.24) is 9.88 Å². The van der Waals surface area contributed by atoms with E-state index in [1.54, 1.807) is 11.1 Å². The van der Waals surface area contributed by atoms with Gasteiger partial charge in [0.2, 0.25) is 0 Å². The molecule has 85 valence electrons. The molecule has 2 heterocycles. The third kappa shape index (κ3) is 2.30. The molecular formula is C11H14N3O2. The summed E-state index contributed by atoms with van der Waals surface area (Å²) in [6, 6.07) is 5.77. The van der Waals surface area contributed by atoms with Crippen molar-refractivity contribution in [2.75, 3.05) is 37.7 Å². The molecule has 1 saturated heterocycles. The molecular weight excluding hydrogens is 206 g/mol. The van der Waals surface area contributed by atoms with Crippen molar-refractivity contribution in [2.24, 2.45) is 0 Å². The fourth-order valence-corrected chi connectivity index (χ4v) is 1.82. The van der Waals surface area contributed by atoms with E-state index < -0.39 is 6.61 Å². The molecule has 1 aromatic heterocycles. The molecule has 5 heteroatoms. The van der Waals surface area contributed by atoms with Crippen molar-refractivity contribution in [2.45, 2.75) is 0 Å². The third-order valence-corrected chi connectivity index (χ3v) is 2.73. The van der Waals surface area contributed by atoms with Gasteiger partial charge in [0.1, 0.15) is 5.82 Å². The van der Waals surface area contributed by atoms with E-state index in [2.05, 4.69) is 9.88 Å². The Morgan fingerprint density at radius 2 is 2.00 bits per heavy atom. The minimum Gasteiger partial charge on any atom is -0.353 e. The van der Waals surface area contributed by atoms with Crippen LogP contribution in [0.15, 0.2) is 24.4 Å². The van der Waals surface area contributed by atoms with E-state index in [1.165, 1.54) is 0 Å². The average Bonchev–Trinajstić information content (AvgIpc) is 2.39. The zero-order valence-electron chi connectivity index (χ0n) is 9.00. The smallest absolute Gasteiger partial charge is 0.252 e. The molecule has 0 spiro atoms. The van der Waals surface area contributed by atoms with Gasteiger partial charge in [0, 0.05) is 32.4 Å². The topological polar surface area (TPSA) is 56.3 Å². The van der Waals surface area contributed by atoms with E-state index in [9.17, 15) is 9.90 Å². The van der Waals surface area contributed by atoms with Crippen LogP contribution in [0.25, 0.3) is 0 Å². The van der Waals surface area contributed by atoms with E-state index in [4.69, 9.17) is 0 Å². The Bertz CT molecular complexity index is 348. The highest BCUT2D eigenvalue weighted by molar-refractivity contribution is 5.77. The van der Waals surface area contributed by atoms with Crippen LogP contribution in [0.2, 0.25) is 0 Å². The van der Waals surface area contributed by atoms with Gasteiger partial charge in [0.25, 0.3) is 5.91 Å². The van der Waals surface area contributed by atoms with Gasteiger partial charge in [-0.2, -0.15) is 0 Å². The van der Waals surface area contributed by atoms with Crippen molar-refractivity contribution >= 4 is 11.7 Å². The zero-order chi connectivity index (χ0) is 11.4. The summed E-state index contributed by atoms with van der Waals surface area (Å²) in [7, 11) is 0. The molecule has 1 amide bonds. The maximum Gasteiger partial charge on any atom is 0.252 e. The number of nitrogens with zero attached hydrogens (tertiary/aromatic N) is 3. The van der Waals surface area contributed by atoms with Crippen LogP contribution in [0.1, 0.15) is 0 Å². The molecule has 1 aliphatic heterocycles. The van der Waals surface area contributed by atoms with Gasteiger partial charge in [-0.15, -0.1) is 0 Å². The van der Waals surface area contributed by atoms with Gasteiger partial charge >= 0.3 is 0 Å². The highest BCUT2D eigenvalue weighted by atomic mass is 16.3. The molecule has 1 aromatic rings. The highest BCUT2D eigenvalue weighted by Crippen LogP contribution is 2.12. The first-order valence-corrected chi connectivity index (χ1v) is 5.33. The van der Waals surface area contributed by atoms with Crippen LogP contribution >= 0.6 is 0 Å². The first kappa shape index (κ1) is 10.9. The molecule has 0 N–H and O–H groups in total. The quantitative estimate of drug-likeness (QED) is 0.713. The standard InChI is InChI=1S/C11H14N3O2/c15-9-11(16)14-7-5-13(6-8-14)10-3-1-2-4-12-10/h1-4H,5-9H2. The number of carbonyl (C=O) groups is 1. The molecule has 2 rings (SSSR count). The molecule has 0 bridgehead atoms. The monoisotopic (exact) mass is 220 g/mol. The van der Waals surface area contributed by atoms with E-state index in [0.717, 1.165) is 18.9 Å². The van der Waals surface area contributed by atoms with Gasteiger partial charge in [-0.25, -0.2) is 10.1 Å². The summed E-state index contributed by atoms with van der Waals surface area (Å²) in [5.74, 6) is 0.623. The van der Waals surface area contributed by atoms with Crippen LogP contribution < -0.4 is 4.90 Å². The lowest BCUT2D eigenvalue weighted by molar-refractivity contribution is -0.136. The van der Waals surface area contributed by atoms with Crippen molar-refractivity contribution in [3.8, 4) is 0 Å². The largest absolute Gasteiger partial charge is 0.353 e. The van der Waals surface area contributed by atoms with Crippen LogP contribution in [0.4, 0.5) is 5.82 Å². The predicted molar refractivity (Wildman–Crippen MR) is 58.6 cm³/mol. The summed E-state index contributed by atoms with van der Waals surface area (Å²) in [6.45, 7) is 2.05. The Kier molecular flexibility index (Phi) is 3.36. The van der Waals surface area contributed by atoms with Crippen molar-refractivity contribution in [3.05, 3.63) is 24.4 Å². The van der Waals surface area contributed by atoms with E-state index in [-0.39, 0.29) is 5.91 Å². The van der Waals surface area contributed by atoms with E-state index in [1.807, 2.05) is 18.2 Å². The van der Waals surface area contributed by atoms with Crippen LogP contribution in [-0.2, 0) is 9.90 Å². The van der Waals surface area contributed by atoms with Crippen LogP contribution in [-0.4, -0.2) is 48.6 Å². The SMILES string of the molecule is [O]CC(=O)N1CCN(c2ccccn2)CC1. The summed E-state index contributed by atoms with van der Waals surface area (Å²) in [5.41, 5.74) is 0. The number of hydrogen-bond acceptors (Lipinski definition) is 3. The van der Waals surface area contributed by atoms with Crippen LogP contribution in [0, 0.1) is 0 Å². The molecule has 0 atom stereocenters. The number of anilines is 1. The lowest BCUT2D eigenvalue weighted by atomic mass is 10.3. The molecule has 1 fully saturated rings. The first-order chi connectivity index (χ1) is 7.81. The normalized spacial score (nSPS) is 16.3. The second-order valence-electron chi connectivity index (χ2n) is 3.70. The van der Waals surface area contributed by atoms with Gasteiger partial charge in [-0.05, 0) is 12.1 Å². The molecule has 0 aliphatic carbocycles. The van der Waals surface area contributed by atoms with Crippen molar-refractivity contribution in [3.63, 3.8) is 0 Å². The Morgan fingerprint density at radius 3 is 2.56 bits per heavy atom. The lowest BCUT2D eigenvalue weighted by Crippen LogP contribution is -2.49. The number of amides is 1. The Hall–Kier alpha value is -1.62. The molecule has 5 nitrogen and oxygen atoms in total. The fraction of sp³-hybridized carbons (Fsp3) is 0.455. The zero-order valence-corrected chi connectivity index (χ0v) is 9.00. The average molecular weight is 220 g/mol. The molecule has 0 aromatic carbocycles. The Labute approximate surface area is 94.3 Å². The van der Waals surface area contributed by atoms with Crippen LogP contribution in [0.5, 0.6) is 0 Å². The number of carbonyl (C=O) groups excluding carboxylic acids is 1. The minimum atomic E-state index is -0.649. The van der Waals surface area contributed by atoms with Gasteiger partial charge in [-0.3, -0.25) is 4.79 Å². The van der Waals surface area contributed by atoms with E-state index in [0.29, 0.717) is 13.1 Å². The number of piperazine rings is 1. The maximum absolute atomic E-state index is 11.2. The van der Waals surface area contributed by atoms with Gasteiger partial charge in [0.15, 0.2) is 6.61 Å². The molecule has 1 aliphatic rings. The van der Waals surface area contributed by atoms with Crippen molar-refractivity contribution in [1.29, 1.82) is 0 Å². The molecule has 0 unspecified atom stereocenters. The number of aromatic nitrogens is 1. The number of hydrogen-bond donors (Lipinski definition) is 0. The lowest BCUT2D eigenvalue weighted by Gasteiger charge is -2.34. The second kappa shape index (κ2) is 4.94.